The highest BCUT2D eigenvalue weighted by Gasteiger charge is 2.32. The number of aliphatic imine (C=N–C) groups is 1. The maximum Gasteiger partial charge on any atom is 0.232 e. The molecule has 1 aromatic heterocycles. The zero-order valence-corrected chi connectivity index (χ0v) is 18.4. The Morgan fingerprint density at radius 1 is 1.27 bits per heavy atom. The van der Waals surface area contributed by atoms with Crippen molar-refractivity contribution in [2.45, 2.75) is 57.8 Å². The molecule has 0 saturated carbocycles. The predicted octanol–water partition coefficient (Wildman–Crippen LogP) is 1.94. The van der Waals surface area contributed by atoms with E-state index in [9.17, 15) is 0 Å². The van der Waals surface area contributed by atoms with Crippen molar-refractivity contribution < 1.29 is 14.0 Å². The molecule has 8 nitrogen and oxygen atoms in total. The third-order valence-electron chi connectivity index (χ3n) is 4.50. The van der Waals surface area contributed by atoms with Crippen molar-refractivity contribution >= 4 is 29.9 Å². The van der Waals surface area contributed by atoms with Gasteiger partial charge in [0.05, 0.1) is 19.3 Å². The lowest BCUT2D eigenvalue weighted by atomic mass is 9.97. The molecule has 2 unspecified atom stereocenters. The molecule has 0 bridgehead atoms. The summed E-state index contributed by atoms with van der Waals surface area (Å²) in [5.41, 5.74) is -0.147. The van der Waals surface area contributed by atoms with E-state index in [4.69, 9.17) is 14.0 Å². The van der Waals surface area contributed by atoms with Crippen LogP contribution in [0.25, 0.3) is 0 Å². The number of morpholine rings is 1. The lowest BCUT2D eigenvalue weighted by Gasteiger charge is -2.37. The van der Waals surface area contributed by atoms with Crippen molar-refractivity contribution in [3.05, 3.63) is 11.7 Å². The summed E-state index contributed by atoms with van der Waals surface area (Å²) in [5.74, 6) is 2.10. The molecule has 1 N–H and O–H groups in total. The van der Waals surface area contributed by atoms with Crippen LogP contribution in [0.3, 0.4) is 0 Å². The van der Waals surface area contributed by atoms with E-state index in [-0.39, 0.29) is 41.6 Å². The summed E-state index contributed by atoms with van der Waals surface area (Å²) >= 11 is 0. The second-order valence-electron chi connectivity index (χ2n) is 7.57. The summed E-state index contributed by atoms with van der Waals surface area (Å²) in [7, 11) is 1.79. The molecule has 0 spiro atoms. The van der Waals surface area contributed by atoms with Crippen LogP contribution in [0, 0.1) is 0 Å². The van der Waals surface area contributed by atoms with E-state index in [1.54, 1.807) is 7.05 Å². The molecular weight excluding hydrogens is 449 g/mol. The first-order valence-corrected chi connectivity index (χ1v) is 8.99. The fourth-order valence-electron chi connectivity index (χ4n) is 3.11. The number of nitrogens with one attached hydrogen (secondary N) is 1. The first kappa shape index (κ1) is 21.4. The van der Waals surface area contributed by atoms with Crippen molar-refractivity contribution in [1.29, 1.82) is 0 Å². The van der Waals surface area contributed by atoms with E-state index in [1.807, 2.05) is 0 Å². The molecule has 0 aromatic carbocycles. The van der Waals surface area contributed by atoms with Gasteiger partial charge in [-0.05, 0) is 12.8 Å². The molecule has 148 valence electrons. The van der Waals surface area contributed by atoms with E-state index >= 15 is 0 Å². The molecule has 2 saturated heterocycles. The fraction of sp³-hybridized carbons (Fsp3) is 0.824. The van der Waals surface area contributed by atoms with Crippen molar-refractivity contribution in [2.24, 2.45) is 4.99 Å². The Morgan fingerprint density at radius 2 is 2.04 bits per heavy atom. The Balaban J connectivity index is 0.00000243. The number of halogens is 1. The molecule has 0 aliphatic carbocycles. The van der Waals surface area contributed by atoms with Crippen LogP contribution in [0.15, 0.2) is 9.52 Å². The van der Waals surface area contributed by atoms with Gasteiger partial charge in [-0.25, -0.2) is 0 Å². The Hall–Kier alpha value is -0.940. The second-order valence-corrected chi connectivity index (χ2v) is 7.57. The van der Waals surface area contributed by atoms with Gasteiger partial charge in [0, 0.05) is 32.2 Å². The van der Waals surface area contributed by atoms with E-state index in [0.717, 1.165) is 38.5 Å². The molecule has 3 heterocycles. The Kier molecular flexibility index (Phi) is 7.65. The average molecular weight is 479 g/mol. The van der Waals surface area contributed by atoms with Crippen LogP contribution in [0.1, 0.15) is 45.3 Å². The van der Waals surface area contributed by atoms with Crippen molar-refractivity contribution in [3.63, 3.8) is 0 Å². The zero-order valence-electron chi connectivity index (χ0n) is 16.0. The molecule has 0 radical (unpaired) electrons. The third-order valence-corrected chi connectivity index (χ3v) is 4.50. The first-order valence-electron chi connectivity index (χ1n) is 8.99. The average Bonchev–Trinajstić information content (AvgIpc) is 3.27. The van der Waals surface area contributed by atoms with Gasteiger partial charge in [0.2, 0.25) is 5.89 Å². The van der Waals surface area contributed by atoms with Gasteiger partial charge in [0.1, 0.15) is 6.10 Å². The summed E-state index contributed by atoms with van der Waals surface area (Å²) in [6.45, 7) is 9.74. The molecule has 0 amide bonds. The van der Waals surface area contributed by atoms with Gasteiger partial charge in [0.15, 0.2) is 11.8 Å². The molecule has 2 aliphatic heterocycles. The standard InChI is InChI=1S/C17H29N5O3.HI/c1-17(2,3)15-20-14(21-25-15)10-19-16(18-4)22-7-9-24-13(11-22)12-6-5-8-23-12;/h12-13H,5-11H2,1-4H3,(H,18,19);1H. The highest BCUT2D eigenvalue weighted by Crippen LogP contribution is 2.21. The highest BCUT2D eigenvalue weighted by atomic mass is 127. The van der Waals surface area contributed by atoms with Crippen LogP contribution in [-0.2, 0) is 21.4 Å². The van der Waals surface area contributed by atoms with Crippen molar-refractivity contribution in [1.82, 2.24) is 20.4 Å². The minimum Gasteiger partial charge on any atom is -0.375 e. The zero-order chi connectivity index (χ0) is 17.9. The summed E-state index contributed by atoms with van der Waals surface area (Å²) in [6.07, 6.45) is 2.49. The summed E-state index contributed by atoms with van der Waals surface area (Å²) in [4.78, 5) is 11.1. The number of guanidine groups is 1. The van der Waals surface area contributed by atoms with Crippen LogP contribution in [-0.4, -0.2) is 66.6 Å². The normalized spacial score (nSPS) is 24.5. The van der Waals surface area contributed by atoms with E-state index in [0.29, 0.717) is 24.9 Å². The molecule has 3 rings (SSSR count). The SMILES string of the molecule is CN=C(NCc1noc(C(C)(C)C)n1)N1CCOC(C2CCCO2)C1.I. The number of rotatable bonds is 3. The van der Waals surface area contributed by atoms with Gasteiger partial charge in [-0.3, -0.25) is 4.99 Å². The molecule has 2 aliphatic rings. The topological polar surface area (TPSA) is 85.0 Å². The van der Waals surface area contributed by atoms with Crippen LogP contribution in [0.5, 0.6) is 0 Å². The number of aromatic nitrogens is 2. The number of hydrogen-bond acceptors (Lipinski definition) is 6. The maximum atomic E-state index is 5.90. The Labute approximate surface area is 172 Å². The van der Waals surface area contributed by atoms with Gasteiger partial charge in [-0.2, -0.15) is 4.98 Å². The molecule has 26 heavy (non-hydrogen) atoms. The monoisotopic (exact) mass is 479 g/mol. The van der Waals surface area contributed by atoms with Crippen LogP contribution in [0.2, 0.25) is 0 Å². The van der Waals surface area contributed by atoms with Gasteiger partial charge >= 0.3 is 0 Å². The molecule has 2 atom stereocenters. The smallest absolute Gasteiger partial charge is 0.232 e. The fourth-order valence-corrected chi connectivity index (χ4v) is 3.11. The second kappa shape index (κ2) is 9.32. The number of ether oxygens (including phenoxy) is 2. The number of nitrogens with zero attached hydrogens (tertiary/aromatic N) is 4. The quantitative estimate of drug-likeness (QED) is 0.403. The van der Waals surface area contributed by atoms with Crippen LogP contribution >= 0.6 is 24.0 Å². The molecule has 2 fully saturated rings. The third kappa shape index (κ3) is 5.29. The first-order chi connectivity index (χ1) is 12.0. The van der Waals surface area contributed by atoms with Gasteiger partial charge in [-0.1, -0.05) is 25.9 Å². The predicted molar refractivity (Wildman–Crippen MR) is 109 cm³/mol. The van der Waals surface area contributed by atoms with E-state index < -0.39 is 0 Å². The van der Waals surface area contributed by atoms with Gasteiger partial charge in [-0.15, -0.1) is 24.0 Å². The minimum absolute atomic E-state index is 0. The maximum absolute atomic E-state index is 5.90. The van der Waals surface area contributed by atoms with Gasteiger partial charge < -0.3 is 24.2 Å². The van der Waals surface area contributed by atoms with Crippen molar-refractivity contribution in [3.8, 4) is 0 Å². The lowest BCUT2D eigenvalue weighted by Crippen LogP contribution is -2.53. The minimum atomic E-state index is -0.147. The van der Waals surface area contributed by atoms with Crippen LogP contribution < -0.4 is 5.32 Å². The largest absolute Gasteiger partial charge is 0.375 e. The van der Waals surface area contributed by atoms with Gasteiger partial charge in [0.25, 0.3) is 0 Å². The van der Waals surface area contributed by atoms with E-state index in [1.165, 1.54) is 0 Å². The Bertz CT molecular complexity index is 595. The molecular formula is C17H30IN5O3. The van der Waals surface area contributed by atoms with Crippen LogP contribution in [0.4, 0.5) is 0 Å². The number of hydrogen-bond donors (Lipinski definition) is 1. The summed E-state index contributed by atoms with van der Waals surface area (Å²) < 4.78 is 17.0. The van der Waals surface area contributed by atoms with E-state index in [2.05, 4.69) is 46.1 Å². The van der Waals surface area contributed by atoms with Crippen molar-refractivity contribution in [2.75, 3.05) is 33.4 Å². The molecule has 1 aromatic rings. The highest BCUT2D eigenvalue weighted by molar-refractivity contribution is 14.0. The molecule has 9 heteroatoms. The summed E-state index contributed by atoms with van der Waals surface area (Å²) in [6, 6.07) is 0. The lowest BCUT2D eigenvalue weighted by molar-refractivity contribution is -0.0817. The Morgan fingerprint density at radius 3 is 2.65 bits per heavy atom. The summed E-state index contributed by atoms with van der Waals surface area (Å²) in [5, 5.41) is 7.37.